The minimum atomic E-state index is 0.453. The van der Waals surface area contributed by atoms with E-state index < -0.39 is 0 Å². The molecule has 0 bridgehead atoms. The Morgan fingerprint density at radius 1 is 1.42 bits per heavy atom. The van der Waals surface area contributed by atoms with Crippen LogP contribution in [0, 0.1) is 0 Å². The number of fused-ring (bicyclic) bond motifs is 1. The van der Waals surface area contributed by atoms with Crippen molar-refractivity contribution in [3.8, 4) is 0 Å². The Morgan fingerprint density at radius 2 is 2.26 bits per heavy atom. The van der Waals surface area contributed by atoms with Crippen molar-refractivity contribution in [1.82, 2.24) is 9.55 Å². The van der Waals surface area contributed by atoms with Crippen molar-refractivity contribution in [3.05, 3.63) is 23.2 Å². The molecule has 0 saturated heterocycles. The van der Waals surface area contributed by atoms with Crippen LogP contribution in [0.15, 0.2) is 18.2 Å². The quantitative estimate of drug-likeness (QED) is 0.906. The Hall–Kier alpha value is -0.870. The van der Waals surface area contributed by atoms with Gasteiger partial charge in [0.25, 0.3) is 0 Å². The van der Waals surface area contributed by atoms with Crippen molar-refractivity contribution < 1.29 is 0 Å². The predicted molar refractivity (Wildman–Crippen MR) is 84.0 cm³/mol. The number of thioether (sulfide) groups is 1. The molecule has 5 heteroatoms. The molecule has 1 heterocycles. The second-order valence-electron chi connectivity index (χ2n) is 5.15. The number of nitrogen functional groups attached to an aromatic ring is 1. The number of benzene rings is 1. The standard InChI is InChI=1S/C14H18ClN3S/c1-19-11-4-2-3-10(8-11)18-13-7-9(15)5-6-12(13)17-14(18)16/h5-7,10-11H,2-4,8H2,1H3,(H2,16,17). The molecule has 2 N–H and O–H groups in total. The summed E-state index contributed by atoms with van der Waals surface area (Å²) in [6.45, 7) is 0. The third kappa shape index (κ3) is 2.43. The summed E-state index contributed by atoms with van der Waals surface area (Å²) >= 11 is 8.07. The van der Waals surface area contributed by atoms with Crippen LogP contribution in [0.4, 0.5) is 5.95 Å². The van der Waals surface area contributed by atoms with Crippen LogP contribution in [0.5, 0.6) is 0 Å². The first kappa shape index (κ1) is 13.1. The van der Waals surface area contributed by atoms with Crippen LogP contribution < -0.4 is 5.73 Å². The maximum absolute atomic E-state index is 6.12. The zero-order valence-electron chi connectivity index (χ0n) is 11.0. The zero-order chi connectivity index (χ0) is 13.4. The normalized spacial score (nSPS) is 23.9. The van der Waals surface area contributed by atoms with Gasteiger partial charge in [-0.1, -0.05) is 18.0 Å². The van der Waals surface area contributed by atoms with Gasteiger partial charge in [-0.2, -0.15) is 11.8 Å². The lowest BCUT2D eigenvalue weighted by atomic mass is 9.94. The average Bonchev–Trinajstić information content (AvgIpc) is 2.74. The number of rotatable bonds is 2. The molecule has 1 aromatic carbocycles. The predicted octanol–water partition coefficient (Wildman–Crippen LogP) is 4.12. The fourth-order valence-corrected chi connectivity index (χ4v) is 4.02. The summed E-state index contributed by atoms with van der Waals surface area (Å²) in [5, 5.41) is 1.47. The van der Waals surface area contributed by atoms with Crippen molar-refractivity contribution in [2.75, 3.05) is 12.0 Å². The van der Waals surface area contributed by atoms with E-state index in [1.54, 1.807) is 0 Å². The highest BCUT2D eigenvalue weighted by Gasteiger charge is 2.25. The summed E-state index contributed by atoms with van der Waals surface area (Å²) in [7, 11) is 0. The van der Waals surface area contributed by atoms with Crippen LogP contribution in [0.3, 0.4) is 0 Å². The van der Waals surface area contributed by atoms with E-state index >= 15 is 0 Å². The molecular weight excluding hydrogens is 278 g/mol. The first-order valence-electron chi connectivity index (χ1n) is 6.65. The molecule has 2 aromatic rings. The van der Waals surface area contributed by atoms with Gasteiger partial charge in [0, 0.05) is 16.3 Å². The second-order valence-corrected chi connectivity index (χ2v) is 6.73. The van der Waals surface area contributed by atoms with E-state index in [0.29, 0.717) is 12.0 Å². The van der Waals surface area contributed by atoms with Gasteiger partial charge in [-0.3, -0.25) is 0 Å². The summed E-state index contributed by atoms with van der Waals surface area (Å²) in [6, 6.07) is 6.24. The molecule has 1 aliphatic rings. The highest BCUT2D eigenvalue weighted by atomic mass is 35.5. The SMILES string of the molecule is CSC1CCCC(n2c(N)nc3ccc(Cl)cc32)C1. The highest BCUT2D eigenvalue weighted by molar-refractivity contribution is 7.99. The molecule has 19 heavy (non-hydrogen) atoms. The Balaban J connectivity index is 2.03. The van der Waals surface area contributed by atoms with Crippen LogP contribution in [-0.4, -0.2) is 21.1 Å². The molecule has 1 saturated carbocycles. The monoisotopic (exact) mass is 295 g/mol. The van der Waals surface area contributed by atoms with Gasteiger partial charge in [0.05, 0.1) is 11.0 Å². The van der Waals surface area contributed by atoms with Crippen LogP contribution >= 0.6 is 23.4 Å². The average molecular weight is 296 g/mol. The Kier molecular flexibility index (Phi) is 3.63. The smallest absolute Gasteiger partial charge is 0.201 e. The third-order valence-electron chi connectivity index (χ3n) is 3.98. The van der Waals surface area contributed by atoms with Gasteiger partial charge in [0.15, 0.2) is 0 Å². The highest BCUT2D eigenvalue weighted by Crippen LogP contribution is 2.37. The van der Waals surface area contributed by atoms with E-state index in [0.717, 1.165) is 21.3 Å². The molecule has 0 amide bonds. The molecule has 0 spiro atoms. The number of nitrogens with two attached hydrogens (primary N) is 1. The first-order chi connectivity index (χ1) is 9.19. The molecule has 3 rings (SSSR count). The number of imidazole rings is 1. The van der Waals surface area contributed by atoms with E-state index in [4.69, 9.17) is 17.3 Å². The number of hydrogen-bond donors (Lipinski definition) is 1. The van der Waals surface area contributed by atoms with Gasteiger partial charge in [-0.15, -0.1) is 0 Å². The number of hydrogen-bond acceptors (Lipinski definition) is 3. The lowest BCUT2D eigenvalue weighted by Crippen LogP contribution is -2.21. The number of halogens is 1. The minimum Gasteiger partial charge on any atom is -0.369 e. The van der Waals surface area contributed by atoms with Gasteiger partial charge in [-0.05, 0) is 43.7 Å². The third-order valence-corrected chi connectivity index (χ3v) is 5.31. The minimum absolute atomic E-state index is 0.453. The van der Waals surface area contributed by atoms with E-state index in [1.807, 2.05) is 30.0 Å². The largest absolute Gasteiger partial charge is 0.369 e. The zero-order valence-corrected chi connectivity index (χ0v) is 12.5. The molecule has 1 aliphatic carbocycles. The fourth-order valence-electron chi connectivity index (χ4n) is 3.04. The molecule has 0 radical (unpaired) electrons. The van der Waals surface area contributed by atoms with Gasteiger partial charge in [0.1, 0.15) is 0 Å². The van der Waals surface area contributed by atoms with E-state index in [9.17, 15) is 0 Å². The molecular formula is C14H18ClN3S. The van der Waals surface area contributed by atoms with Crippen LogP contribution in [0.25, 0.3) is 11.0 Å². The second kappa shape index (κ2) is 5.25. The summed E-state index contributed by atoms with van der Waals surface area (Å²) in [5.41, 5.74) is 8.13. The van der Waals surface area contributed by atoms with Gasteiger partial charge in [0.2, 0.25) is 5.95 Å². The maximum Gasteiger partial charge on any atom is 0.201 e. The van der Waals surface area contributed by atoms with Crippen LogP contribution in [0.1, 0.15) is 31.7 Å². The molecule has 2 atom stereocenters. The fraction of sp³-hybridized carbons (Fsp3) is 0.500. The summed E-state index contributed by atoms with van der Waals surface area (Å²) < 4.78 is 2.18. The lowest BCUT2D eigenvalue weighted by Gasteiger charge is -2.29. The van der Waals surface area contributed by atoms with Gasteiger partial charge in [-0.25, -0.2) is 4.98 Å². The molecule has 1 fully saturated rings. The maximum atomic E-state index is 6.12. The van der Waals surface area contributed by atoms with Gasteiger partial charge >= 0.3 is 0 Å². The lowest BCUT2D eigenvalue weighted by molar-refractivity contribution is 0.371. The Bertz CT molecular complexity index is 596. The van der Waals surface area contributed by atoms with Crippen molar-refractivity contribution in [1.29, 1.82) is 0 Å². The first-order valence-corrected chi connectivity index (χ1v) is 8.31. The number of anilines is 1. The molecule has 2 unspecified atom stereocenters. The van der Waals surface area contributed by atoms with Crippen LogP contribution in [0.2, 0.25) is 5.02 Å². The molecule has 1 aromatic heterocycles. The molecule has 0 aliphatic heterocycles. The number of aromatic nitrogens is 2. The van der Waals surface area contributed by atoms with Crippen LogP contribution in [-0.2, 0) is 0 Å². The number of nitrogens with zero attached hydrogens (tertiary/aromatic N) is 2. The Morgan fingerprint density at radius 3 is 3.05 bits per heavy atom. The topological polar surface area (TPSA) is 43.8 Å². The van der Waals surface area contributed by atoms with E-state index in [-0.39, 0.29) is 0 Å². The Labute approximate surface area is 122 Å². The van der Waals surface area contributed by atoms with Crippen molar-refractivity contribution >= 4 is 40.3 Å². The summed E-state index contributed by atoms with van der Waals surface area (Å²) in [6.07, 6.45) is 7.11. The molecule has 102 valence electrons. The van der Waals surface area contributed by atoms with E-state index in [1.165, 1.54) is 25.7 Å². The summed E-state index contributed by atoms with van der Waals surface area (Å²) in [5.74, 6) is 0.615. The molecule has 3 nitrogen and oxygen atoms in total. The van der Waals surface area contributed by atoms with Crippen molar-refractivity contribution in [2.45, 2.75) is 37.0 Å². The van der Waals surface area contributed by atoms with Crippen molar-refractivity contribution in [2.24, 2.45) is 0 Å². The summed E-state index contributed by atoms with van der Waals surface area (Å²) in [4.78, 5) is 4.46. The van der Waals surface area contributed by atoms with Gasteiger partial charge < -0.3 is 10.3 Å². The van der Waals surface area contributed by atoms with Crippen molar-refractivity contribution in [3.63, 3.8) is 0 Å². The van der Waals surface area contributed by atoms with E-state index in [2.05, 4.69) is 15.8 Å².